The van der Waals surface area contributed by atoms with Gasteiger partial charge in [0.05, 0.1) is 25.5 Å². The first-order valence-electron chi connectivity index (χ1n) is 7.01. The van der Waals surface area contributed by atoms with E-state index in [-0.39, 0.29) is 0 Å². The maximum atomic E-state index is 5.51. The van der Waals surface area contributed by atoms with Crippen molar-refractivity contribution in [1.82, 2.24) is 15.2 Å². The first-order chi connectivity index (χ1) is 10.7. The Balaban J connectivity index is 1.95. The Morgan fingerprint density at radius 3 is 2.77 bits per heavy atom. The third-order valence-electron chi connectivity index (χ3n) is 3.32. The Morgan fingerprint density at radius 1 is 1.23 bits per heavy atom. The molecule has 0 aliphatic carbocycles. The Labute approximate surface area is 128 Å². The maximum absolute atomic E-state index is 5.51. The third-order valence-corrected chi connectivity index (χ3v) is 3.32. The molecule has 0 spiro atoms. The Morgan fingerprint density at radius 2 is 2.09 bits per heavy atom. The summed E-state index contributed by atoms with van der Waals surface area (Å²) in [6.07, 6.45) is 1.63. The summed E-state index contributed by atoms with van der Waals surface area (Å²) in [5, 5.41) is 7.19. The van der Waals surface area contributed by atoms with E-state index >= 15 is 0 Å². The van der Waals surface area contributed by atoms with Crippen LogP contribution in [0.5, 0.6) is 11.5 Å². The number of aryl methyl sites for hydroxylation is 1. The molecule has 22 heavy (non-hydrogen) atoms. The standard InChI is InChI=1S/C16H17N3O3/c1-4-21-13-6-5-11(9-14(13)20-3)15-17-16(19-18-15)12-7-8-22-10(12)2/h5-9H,4H2,1-3H3,(H,17,18,19). The summed E-state index contributed by atoms with van der Waals surface area (Å²) in [4.78, 5) is 4.51. The summed E-state index contributed by atoms with van der Waals surface area (Å²) in [6.45, 7) is 4.40. The first kappa shape index (κ1) is 14.2. The topological polar surface area (TPSA) is 73.2 Å². The molecule has 0 amide bonds. The molecule has 3 aromatic rings. The van der Waals surface area contributed by atoms with Gasteiger partial charge in [-0.3, -0.25) is 5.10 Å². The van der Waals surface area contributed by atoms with Gasteiger partial charge in [0.1, 0.15) is 5.76 Å². The number of methoxy groups -OCH3 is 1. The van der Waals surface area contributed by atoms with Gasteiger partial charge in [0.25, 0.3) is 0 Å². The molecule has 0 bridgehead atoms. The number of hydrogen-bond donors (Lipinski definition) is 1. The minimum Gasteiger partial charge on any atom is -0.493 e. The Bertz CT molecular complexity index is 777. The second kappa shape index (κ2) is 5.93. The van der Waals surface area contributed by atoms with Crippen molar-refractivity contribution >= 4 is 0 Å². The molecule has 6 heteroatoms. The van der Waals surface area contributed by atoms with Crippen molar-refractivity contribution in [3.8, 4) is 34.3 Å². The lowest BCUT2D eigenvalue weighted by Gasteiger charge is -2.09. The van der Waals surface area contributed by atoms with E-state index in [1.165, 1.54) is 0 Å². The molecule has 0 saturated heterocycles. The van der Waals surface area contributed by atoms with Crippen molar-refractivity contribution in [2.45, 2.75) is 13.8 Å². The van der Waals surface area contributed by atoms with Crippen LogP contribution in [0.4, 0.5) is 0 Å². The normalized spacial score (nSPS) is 10.7. The van der Waals surface area contributed by atoms with Crippen molar-refractivity contribution in [3.63, 3.8) is 0 Å². The molecular weight excluding hydrogens is 282 g/mol. The minimum atomic E-state index is 0.584. The Hall–Kier alpha value is -2.76. The number of hydrogen-bond acceptors (Lipinski definition) is 5. The van der Waals surface area contributed by atoms with Gasteiger partial charge in [-0.15, -0.1) is 0 Å². The predicted octanol–water partition coefficient (Wildman–Crippen LogP) is 3.45. The first-order valence-corrected chi connectivity index (χ1v) is 7.01. The largest absolute Gasteiger partial charge is 0.493 e. The van der Waals surface area contributed by atoms with E-state index in [4.69, 9.17) is 13.9 Å². The molecule has 0 aliphatic rings. The number of ether oxygens (including phenoxy) is 2. The molecule has 3 rings (SSSR count). The molecule has 2 heterocycles. The van der Waals surface area contributed by atoms with E-state index in [1.807, 2.05) is 38.1 Å². The van der Waals surface area contributed by atoms with Crippen LogP contribution < -0.4 is 9.47 Å². The number of aromatic amines is 1. The highest BCUT2D eigenvalue weighted by molar-refractivity contribution is 5.64. The molecule has 1 N–H and O–H groups in total. The molecule has 0 atom stereocenters. The summed E-state index contributed by atoms with van der Waals surface area (Å²) in [6, 6.07) is 7.48. The van der Waals surface area contributed by atoms with Crippen molar-refractivity contribution in [1.29, 1.82) is 0 Å². The number of furan rings is 1. The lowest BCUT2D eigenvalue weighted by Crippen LogP contribution is -1.95. The van der Waals surface area contributed by atoms with Gasteiger partial charge in [0, 0.05) is 5.56 Å². The Kier molecular flexibility index (Phi) is 3.82. The number of nitrogens with zero attached hydrogens (tertiary/aromatic N) is 2. The second-order valence-corrected chi connectivity index (χ2v) is 4.70. The van der Waals surface area contributed by atoms with Gasteiger partial charge in [0.15, 0.2) is 23.1 Å². The van der Waals surface area contributed by atoms with Crippen molar-refractivity contribution in [2.75, 3.05) is 13.7 Å². The molecule has 1 aromatic carbocycles. The quantitative estimate of drug-likeness (QED) is 0.781. The molecular formula is C16H17N3O3. The van der Waals surface area contributed by atoms with Crippen LogP contribution >= 0.6 is 0 Å². The van der Waals surface area contributed by atoms with Crippen LogP contribution in [0.1, 0.15) is 12.7 Å². The number of H-pyrrole nitrogens is 1. The number of rotatable bonds is 5. The summed E-state index contributed by atoms with van der Waals surface area (Å²) < 4.78 is 16.2. The van der Waals surface area contributed by atoms with Gasteiger partial charge in [-0.25, -0.2) is 4.98 Å². The van der Waals surface area contributed by atoms with E-state index in [9.17, 15) is 0 Å². The average molecular weight is 299 g/mol. The van der Waals surface area contributed by atoms with Gasteiger partial charge in [-0.1, -0.05) is 0 Å². The van der Waals surface area contributed by atoms with Crippen LogP contribution in [0.3, 0.4) is 0 Å². The van der Waals surface area contributed by atoms with E-state index in [1.54, 1.807) is 13.4 Å². The molecule has 0 fully saturated rings. The summed E-state index contributed by atoms with van der Waals surface area (Å²) in [7, 11) is 1.61. The maximum Gasteiger partial charge on any atom is 0.181 e. The summed E-state index contributed by atoms with van der Waals surface area (Å²) >= 11 is 0. The van der Waals surface area contributed by atoms with E-state index in [0.717, 1.165) is 16.9 Å². The lowest BCUT2D eigenvalue weighted by molar-refractivity contribution is 0.311. The lowest BCUT2D eigenvalue weighted by atomic mass is 10.2. The zero-order valence-electron chi connectivity index (χ0n) is 12.7. The van der Waals surface area contributed by atoms with Crippen LogP contribution in [0, 0.1) is 6.92 Å². The van der Waals surface area contributed by atoms with Gasteiger partial charge in [-0.05, 0) is 38.1 Å². The van der Waals surface area contributed by atoms with E-state index in [2.05, 4.69) is 15.2 Å². The van der Waals surface area contributed by atoms with Gasteiger partial charge in [-0.2, -0.15) is 5.10 Å². The predicted molar refractivity (Wildman–Crippen MR) is 82.0 cm³/mol. The number of benzene rings is 1. The fraction of sp³-hybridized carbons (Fsp3) is 0.250. The van der Waals surface area contributed by atoms with Crippen molar-refractivity contribution in [2.24, 2.45) is 0 Å². The van der Waals surface area contributed by atoms with Crippen LogP contribution in [-0.4, -0.2) is 28.9 Å². The summed E-state index contributed by atoms with van der Waals surface area (Å²) in [5.74, 6) is 3.43. The molecule has 114 valence electrons. The van der Waals surface area contributed by atoms with Crippen LogP contribution in [0.25, 0.3) is 22.8 Å². The fourth-order valence-electron chi connectivity index (χ4n) is 2.22. The van der Waals surface area contributed by atoms with Gasteiger partial charge < -0.3 is 13.9 Å². The third kappa shape index (κ3) is 2.55. The highest BCUT2D eigenvalue weighted by Crippen LogP contribution is 2.32. The molecule has 2 aromatic heterocycles. The summed E-state index contributed by atoms with van der Waals surface area (Å²) in [5.41, 5.74) is 1.75. The molecule has 0 saturated carbocycles. The van der Waals surface area contributed by atoms with E-state index in [0.29, 0.717) is 29.8 Å². The highest BCUT2D eigenvalue weighted by atomic mass is 16.5. The van der Waals surface area contributed by atoms with Crippen LogP contribution in [0.2, 0.25) is 0 Å². The van der Waals surface area contributed by atoms with Gasteiger partial charge >= 0.3 is 0 Å². The van der Waals surface area contributed by atoms with E-state index < -0.39 is 0 Å². The van der Waals surface area contributed by atoms with Crippen LogP contribution in [0.15, 0.2) is 34.9 Å². The molecule has 0 unspecified atom stereocenters. The zero-order chi connectivity index (χ0) is 15.5. The second-order valence-electron chi connectivity index (χ2n) is 4.70. The molecule has 0 aliphatic heterocycles. The molecule has 0 radical (unpaired) electrons. The average Bonchev–Trinajstić information content (AvgIpc) is 3.16. The monoisotopic (exact) mass is 299 g/mol. The fourth-order valence-corrected chi connectivity index (χ4v) is 2.22. The zero-order valence-corrected chi connectivity index (χ0v) is 12.7. The highest BCUT2D eigenvalue weighted by Gasteiger charge is 2.13. The number of aromatic nitrogens is 3. The molecule has 6 nitrogen and oxygen atoms in total. The van der Waals surface area contributed by atoms with Crippen molar-refractivity contribution in [3.05, 3.63) is 36.3 Å². The van der Waals surface area contributed by atoms with Gasteiger partial charge in [0.2, 0.25) is 0 Å². The van der Waals surface area contributed by atoms with Crippen molar-refractivity contribution < 1.29 is 13.9 Å². The minimum absolute atomic E-state index is 0.584. The SMILES string of the molecule is CCOc1ccc(-c2n[nH]c(-c3ccoc3C)n2)cc1OC. The van der Waals surface area contributed by atoms with Crippen LogP contribution in [-0.2, 0) is 0 Å². The smallest absolute Gasteiger partial charge is 0.181 e. The number of nitrogens with one attached hydrogen (secondary N) is 1.